The van der Waals surface area contributed by atoms with Crippen molar-refractivity contribution in [2.45, 2.75) is 25.3 Å². The van der Waals surface area contributed by atoms with E-state index in [1.807, 2.05) is 6.20 Å². The van der Waals surface area contributed by atoms with E-state index in [-0.39, 0.29) is 0 Å². The Morgan fingerprint density at radius 2 is 1.87 bits per heavy atom. The summed E-state index contributed by atoms with van der Waals surface area (Å²) in [6.45, 7) is 5.89. The number of ether oxygens (including phenoxy) is 1. The lowest BCUT2D eigenvalue weighted by Crippen LogP contribution is -2.06. The third-order valence-electron chi connectivity index (χ3n) is 4.43. The molecule has 2 heterocycles. The van der Waals surface area contributed by atoms with Gasteiger partial charge in [-0.25, -0.2) is 0 Å². The first-order valence-corrected chi connectivity index (χ1v) is 8.97. The van der Waals surface area contributed by atoms with Gasteiger partial charge in [-0.15, -0.1) is 11.8 Å². The lowest BCUT2D eigenvalue weighted by molar-refractivity contribution is 0.188. The number of nitrogens with zero attached hydrogens (tertiary/aromatic N) is 2. The maximum atomic E-state index is 5.29. The quantitative estimate of drug-likeness (QED) is 0.637. The van der Waals surface area contributed by atoms with Gasteiger partial charge in [-0.1, -0.05) is 12.1 Å². The maximum absolute atomic E-state index is 5.29. The van der Waals surface area contributed by atoms with Crippen molar-refractivity contribution in [1.29, 1.82) is 0 Å². The van der Waals surface area contributed by atoms with Crippen LogP contribution in [0, 0.1) is 13.8 Å². The van der Waals surface area contributed by atoms with Crippen molar-refractivity contribution < 1.29 is 4.74 Å². The monoisotopic (exact) mass is 326 g/mol. The first-order chi connectivity index (χ1) is 11.2. The molecule has 3 aromatic rings. The summed E-state index contributed by atoms with van der Waals surface area (Å²) in [4.78, 5) is 5.95. The summed E-state index contributed by atoms with van der Waals surface area (Å²) >= 11 is 1.75. The van der Waals surface area contributed by atoms with Crippen LogP contribution in [0.25, 0.3) is 22.2 Å². The Balaban J connectivity index is 2.21. The molecule has 3 rings (SSSR count). The summed E-state index contributed by atoms with van der Waals surface area (Å²) in [6.07, 6.45) is 4.00. The minimum atomic E-state index is 0.698. The van der Waals surface area contributed by atoms with Gasteiger partial charge in [0.15, 0.2) is 0 Å². The number of methoxy groups -OCH3 is 1. The maximum Gasteiger partial charge on any atom is 0.0945 e. The highest BCUT2D eigenvalue weighted by molar-refractivity contribution is 7.98. The van der Waals surface area contributed by atoms with Crippen LogP contribution >= 0.6 is 11.8 Å². The number of pyridine rings is 1. The van der Waals surface area contributed by atoms with Crippen LogP contribution in [0.15, 0.2) is 41.4 Å². The van der Waals surface area contributed by atoms with E-state index < -0.39 is 0 Å². The third-order valence-corrected chi connectivity index (χ3v) is 5.17. The van der Waals surface area contributed by atoms with Gasteiger partial charge in [-0.3, -0.25) is 4.98 Å². The first-order valence-electron chi connectivity index (χ1n) is 7.75. The molecule has 0 radical (unpaired) electrons. The van der Waals surface area contributed by atoms with Gasteiger partial charge in [0.25, 0.3) is 0 Å². The van der Waals surface area contributed by atoms with E-state index >= 15 is 0 Å². The van der Waals surface area contributed by atoms with Crippen LogP contribution in [-0.4, -0.2) is 29.5 Å². The molecule has 0 amide bonds. The molecule has 3 nitrogen and oxygen atoms in total. The summed E-state index contributed by atoms with van der Waals surface area (Å²) in [7, 11) is 1.74. The molecular formula is C19H22N2OS. The van der Waals surface area contributed by atoms with Crippen LogP contribution in [0.2, 0.25) is 0 Å². The molecule has 0 aliphatic carbocycles. The number of thioether (sulfide) groups is 1. The van der Waals surface area contributed by atoms with Gasteiger partial charge in [-0.05, 0) is 43.9 Å². The molecule has 23 heavy (non-hydrogen) atoms. The van der Waals surface area contributed by atoms with Crippen molar-refractivity contribution in [3.63, 3.8) is 0 Å². The SMILES string of the molecule is COCCn1c(C)c(C)c2ccnc(-c3ccc(SC)cc3)c21. The highest BCUT2D eigenvalue weighted by atomic mass is 32.2. The highest BCUT2D eigenvalue weighted by Gasteiger charge is 2.16. The van der Waals surface area contributed by atoms with Gasteiger partial charge in [-0.2, -0.15) is 0 Å². The van der Waals surface area contributed by atoms with Crippen molar-refractivity contribution in [3.05, 3.63) is 47.8 Å². The molecular weight excluding hydrogens is 304 g/mol. The van der Waals surface area contributed by atoms with Crippen LogP contribution in [0.1, 0.15) is 11.3 Å². The largest absolute Gasteiger partial charge is 0.383 e. The molecule has 0 saturated carbocycles. The Morgan fingerprint density at radius 3 is 2.52 bits per heavy atom. The van der Waals surface area contributed by atoms with E-state index in [1.165, 1.54) is 27.1 Å². The Morgan fingerprint density at radius 1 is 1.13 bits per heavy atom. The van der Waals surface area contributed by atoms with E-state index in [2.05, 4.69) is 60.0 Å². The van der Waals surface area contributed by atoms with Crippen molar-refractivity contribution >= 4 is 22.7 Å². The van der Waals surface area contributed by atoms with E-state index in [0.29, 0.717) is 6.61 Å². The standard InChI is InChI=1S/C19H22N2OS/c1-13-14(2)21(11-12-22-3)19-17(13)9-10-20-18(19)15-5-7-16(23-4)8-6-15/h5-10H,11-12H2,1-4H3. The zero-order valence-corrected chi connectivity index (χ0v) is 14.9. The number of aromatic nitrogens is 2. The van der Waals surface area contributed by atoms with Crippen molar-refractivity contribution in [3.8, 4) is 11.3 Å². The molecule has 1 aromatic carbocycles. The Hall–Kier alpha value is -1.78. The van der Waals surface area contributed by atoms with Crippen LogP contribution in [-0.2, 0) is 11.3 Å². The molecule has 2 aromatic heterocycles. The fraction of sp³-hybridized carbons (Fsp3) is 0.316. The topological polar surface area (TPSA) is 27.1 Å². The van der Waals surface area contributed by atoms with Crippen molar-refractivity contribution in [1.82, 2.24) is 9.55 Å². The first kappa shape index (κ1) is 16.1. The van der Waals surface area contributed by atoms with Crippen molar-refractivity contribution in [2.24, 2.45) is 0 Å². The number of aryl methyl sites for hydroxylation is 1. The normalized spacial score (nSPS) is 11.3. The second kappa shape index (κ2) is 6.77. The molecule has 0 atom stereocenters. The van der Waals surface area contributed by atoms with Gasteiger partial charge in [0.1, 0.15) is 0 Å². The molecule has 120 valence electrons. The minimum absolute atomic E-state index is 0.698. The number of hydrogen-bond acceptors (Lipinski definition) is 3. The molecule has 0 fully saturated rings. The Kier molecular flexibility index (Phi) is 4.74. The van der Waals surface area contributed by atoms with Gasteiger partial charge in [0.2, 0.25) is 0 Å². The van der Waals surface area contributed by atoms with E-state index in [0.717, 1.165) is 17.8 Å². The fourth-order valence-corrected chi connectivity index (χ4v) is 3.43. The van der Waals surface area contributed by atoms with Crippen molar-refractivity contribution in [2.75, 3.05) is 20.0 Å². The molecule has 0 spiro atoms. The van der Waals surface area contributed by atoms with Crippen LogP contribution in [0.5, 0.6) is 0 Å². The van der Waals surface area contributed by atoms with Gasteiger partial charge in [0.05, 0.1) is 17.8 Å². The summed E-state index contributed by atoms with van der Waals surface area (Å²) in [5.41, 5.74) is 6.01. The summed E-state index contributed by atoms with van der Waals surface area (Å²) < 4.78 is 7.62. The molecule has 0 unspecified atom stereocenters. The van der Waals surface area contributed by atoms with Gasteiger partial charge < -0.3 is 9.30 Å². The van der Waals surface area contributed by atoms with Crippen LogP contribution in [0.3, 0.4) is 0 Å². The number of hydrogen-bond donors (Lipinski definition) is 0. The summed E-state index contributed by atoms with van der Waals surface area (Å²) in [5.74, 6) is 0. The lowest BCUT2D eigenvalue weighted by atomic mass is 10.1. The summed E-state index contributed by atoms with van der Waals surface area (Å²) in [5, 5.41) is 1.28. The average molecular weight is 326 g/mol. The minimum Gasteiger partial charge on any atom is -0.383 e. The second-order valence-corrected chi connectivity index (χ2v) is 6.52. The zero-order valence-electron chi connectivity index (χ0n) is 14.1. The van der Waals surface area contributed by atoms with Crippen LogP contribution < -0.4 is 0 Å². The Bertz CT molecular complexity index is 821. The zero-order chi connectivity index (χ0) is 16.4. The number of rotatable bonds is 5. The predicted octanol–water partition coefficient (Wildman–Crippen LogP) is 4.69. The smallest absolute Gasteiger partial charge is 0.0945 e. The van der Waals surface area contributed by atoms with Crippen LogP contribution in [0.4, 0.5) is 0 Å². The second-order valence-electron chi connectivity index (χ2n) is 5.64. The third kappa shape index (κ3) is 2.89. The molecule has 0 aliphatic rings. The molecule has 0 N–H and O–H groups in total. The molecule has 0 aliphatic heterocycles. The number of fused-ring (bicyclic) bond motifs is 1. The molecule has 0 bridgehead atoms. The van der Waals surface area contributed by atoms with E-state index in [9.17, 15) is 0 Å². The van der Waals surface area contributed by atoms with E-state index in [4.69, 9.17) is 4.74 Å². The lowest BCUT2D eigenvalue weighted by Gasteiger charge is -2.11. The molecule has 4 heteroatoms. The number of benzene rings is 1. The van der Waals surface area contributed by atoms with Gasteiger partial charge in [0, 0.05) is 41.4 Å². The fourth-order valence-electron chi connectivity index (χ4n) is 3.02. The highest BCUT2D eigenvalue weighted by Crippen LogP contribution is 2.32. The average Bonchev–Trinajstić information content (AvgIpc) is 2.84. The molecule has 0 saturated heterocycles. The Labute approximate surface area is 141 Å². The van der Waals surface area contributed by atoms with Gasteiger partial charge >= 0.3 is 0 Å². The van der Waals surface area contributed by atoms with E-state index in [1.54, 1.807) is 18.9 Å². The predicted molar refractivity (Wildman–Crippen MR) is 98.3 cm³/mol. The summed E-state index contributed by atoms with van der Waals surface area (Å²) in [6, 6.07) is 10.7.